The number of aliphatic hydroxyl groups is 1. The lowest BCUT2D eigenvalue weighted by molar-refractivity contribution is -0.385. The highest BCUT2D eigenvalue weighted by molar-refractivity contribution is 5.50. The number of aryl methyl sites for hydroxylation is 2. The van der Waals surface area contributed by atoms with Crippen molar-refractivity contribution in [2.24, 2.45) is 0 Å². The smallest absolute Gasteiger partial charge is 0.276 e. The Balaban J connectivity index is 2.37. The Bertz CT molecular complexity index is 683. The molecule has 6 heteroatoms. The minimum Gasteiger partial charge on any atom is -0.438 e. The first kappa shape index (κ1) is 14.9. The monoisotopic (exact) mass is 288 g/mol. The number of nitrogens with zero attached hydrogens (tertiary/aromatic N) is 2. The van der Waals surface area contributed by atoms with Crippen molar-refractivity contribution in [2.75, 3.05) is 0 Å². The first-order valence-corrected chi connectivity index (χ1v) is 6.46. The highest BCUT2D eigenvalue weighted by atomic mass is 16.6. The summed E-state index contributed by atoms with van der Waals surface area (Å²) in [7, 11) is 0. The predicted octanol–water partition coefficient (Wildman–Crippen LogP) is 3.45. The molecule has 2 aromatic rings. The van der Waals surface area contributed by atoms with E-state index in [-0.39, 0.29) is 11.6 Å². The molecule has 0 saturated heterocycles. The second-order valence-corrected chi connectivity index (χ2v) is 4.87. The molecule has 0 unspecified atom stereocenters. The third kappa shape index (κ3) is 3.35. The van der Waals surface area contributed by atoms with E-state index in [1.165, 1.54) is 12.3 Å². The van der Waals surface area contributed by atoms with Crippen LogP contribution >= 0.6 is 0 Å². The summed E-state index contributed by atoms with van der Waals surface area (Å²) >= 11 is 0. The van der Waals surface area contributed by atoms with Crippen LogP contribution in [-0.2, 0) is 0 Å². The van der Waals surface area contributed by atoms with Gasteiger partial charge >= 0.3 is 0 Å². The summed E-state index contributed by atoms with van der Waals surface area (Å²) in [5, 5.41) is 20.5. The molecule has 1 aromatic carbocycles. The average molecular weight is 288 g/mol. The zero-order valence-electron chi connectivity index (χ0n) is 12.0. The van der Waals surface area contributed by atoms with Crippen LogP contribution in [0.2, 0.25) is 0 Å². The molecule has 0 aliphatic rings. The zero-order chi connectivity index (χ0) is 15.6. The van der Waals surface area contributed by atoms with Crippen molar-refractivity contribution >= 4 is 5.69 Å². The van der Waals surface area contributed by atoms with Gasteiger partial charge in [0.25, 0.3) is 5.69 Å². The number of pyridine rings is 1. The largest absolute Gasteiger partial charge is 0.438 e. The number of hydrogen-bond acceptors (Lipinski definition) is 5. The third-order valence-electron chi connectivity index (χ3n) is 3.15. The summed E-state index contributed by atoms with van der Waals surface area (Å²) in [6, 6.07) is 6.38. The van der Waals surface area contributed by atoms with Gasteiger partial charge < -0.3 is 9.84 Å². The number of aromatic nitrogens is 1. The highest BCUT2D eigenvalue weighted by Gasteiger charge is 2.15. The molecule has 110 valence electrons. The minimum atomic E-state index is -0.635. The topological polar surface area (TPSA) is 85.5 Å². The first-order valence-electron chi connectivity index (χ1n) is 6.46. The van der Waals surface area contributed by atoms with E-state index < -0.39 is 11.0 Å². The summed E-state index contributed by atoms with van der Waals surface area (Å²) in [6.45, 7) is 5.13. The lowest BCUT2D eigenvalue weighted by Crippen LogP contribution is -1.97. The quantitative estimate of drug-likeness (QED) is 0.688. The molecule has 1 atom stereocenters. The molecule has 1 heterocycles. The van der Waals surface area contributed by atoms with E-state index in [9.17, 15) is 15.2 Å². The number of rotatable bonds is 4. The predicted molar refractivity (Wildman–Crippen MR) is 77.5 cm³/mol. The Morgan fingerprint density at radius 1 is 1.29 bits per heavy atom. The molecule has 21 heavy (non-hydrogen) atoms. The Labute approximate surface area is 122 Å². The van der Waals surface area contributed by atoms with Gasteiger partial charge in [0, 0.05) is 17.8 Å². The van der Waals surface area contributed by atoms with Crippen LogP contribution in [0, 0.1) is 24.0 Å². The van der Waals surface area contributed by atoms with Crippen LogP contribution < -0.4 is 4.74 Å². The maximum Gasteiger partial charge on any atom is 0.276 e. The fourth-order valence-electron chi connectivity index (χ4n) is 1.98. The maximum absolute atomic E-state index is 11.0. The average Bonchev–Trinajstić information content (AvgIpc) is 2.41. The fourth-order valence-corrected chi connectivity index (χ4v) is 1.98. The Morgan fingerprint density at radius 3 is 2.62 bits per heavy atom. The van der Waals surface area contributed by atoms with Crippen LogP contribution in [0.4, 0.5) is 5.69 Å². The maximum atomic E-state index is 11.0. The molecule has 0 saturated carbocycles. The molecule has 0 aliphatic carbocycles. The summed E-state index contributed by atoms with van der Waals surface area (Å²) in [6.07, 6.45) is 0.888. The van der Waals surface area contributed by atoms with Crippen LogP contribution in [0.25, 0.3) is 0 Å². The van der Waals surface area contributed by atoms with Gasteiger partial charge in [0.15, 0.2) is 0 Å². The van der Waals surface area contributed by atoms with E-state index in [0.717, 1.165) is 5.56 Å². The molecule has 1 aromatic heterocycles. The standard InChI is InChI=1S/C15H16N2O4/c1-9-6-10(2)14(8-13(9)17(19)20)21-15-7-12(11(3)18)4-5-16-15/h4-8,11,18H,1-3H3/t11-/m0/s1. The van der Waals surface area contributed by atoms with Crippen LogP contribution in [0.15, 0.2) is 30.5 Å². The summed E-state index contributed by atoms with van der Waals surface area (Å²) in [5.74, 6) is 0.664. The second-order valence-electron chi connectivity index (χ2n) is 4.87. The van der Waals surface area contributed by atoms with Crippen LogP contribution in [-0.4, -0.2) is 15.0 Å². The van der Waals surface area contributed by atoms with E-state index in [0.29, 0.717) is 16.9 Å². The van der Waals surface area contributed by atoms with Gasteiger partial charge in [-0.15, -0.1) is 0 Å². The van der Waals surface area contributed by atoms with Crippen LogP contribution in [0.3, 0.4) is 0 Å². The zero-order valence-corrected chi connectivity index (χ0v) is 12.0. The van der Waals surface area contributed by atoms with Gasteiger partial charge in [-0.05, 0) is 44.0 Å². The Kier molecular flexibility index (Phi) is 4.18. The van der Waals surface area contributed by atoms with Crippen molar-refractivity contribution in [2.45, 2.75) is 26.9 Å². The fraction of sp³-hybridized carbons (Fsp3) is 0.267. The van der Waals surface area contributed by atoms with Crippen molar-refractivity contribution in [1.29, 1.82) is 0 Å². The minimum absolute atomic E-state index is 0.00211. The van der Waals surface area contributed by atoms with Crippen molar-refractivity contribution in [1.82, 2.24) is 4.98 Å². The first-order chi connectivity index (χ1) is 9.88. The number of hydrogen-bond donors (Lipinski definition) is 1. The SMILES string of the molecule is Cc1cc(C)c([N+](=O)[O-])cc1Oc1cc([C@H](C)O)ccn1. The number of nitro groups is 1. The van der Waals surface area contributed by atoms with Gasteiger partial charge in [-0.25, -0.2) is 4.98 Å². The molecule has 0 bridgehead atoms. The number of benzene rings is 1. The molecule has 0 spiro atoms. The van der Waals surface area contributed by atoms with E-state index in [4.69, 9.17) is 4.74 Å². The number of nitro benzene ring substituents is 1. The van der Waals surface area contributed by atoms with Crippen molar-refractivity contribution < 1.29 is 14.8 Å². The van der Waals surface area contributed by atoms with Crippen molar-refractivity contribution in [3.63, 3.8) is 0 Å². The van der Waals surface area contributed by atoms with Crippen LogP contribution in [0.5, 0.6) is 11.6 Å². The van der Waals surface area contributed by atoms with Gasteiger partial charge in [-0.2, -0.15) is 0 Å². The van der Waals surface area contributed by atoms with E-state index in [1.807, 2.05) is 6.92 Å². The lowest BCUT2D eigenvalue weighted by Gasteiger charge is -2.11. The highest BCUT2D eigenvalue weighted by Crippen LogP contribution is 2.31. The number of aliphatic hydroxyl groups excluding tert-OH is 1. The van der Waals surface area contributed by atoms with Gasteiger partial charge in [0.2, 0.25) is 5.88 Å². The van der Waals surface area contributed by atoms with Crippen LogP contribution in [0.1, 0.15) is 29.7 Å². The molecular formula is C15H16N2O4. The summed E-state index contributed by atoms with van der Waals surface area (Å²) < 4.78 is 5.62. The van der Waals surface area contributed by atoms with Gasteiger partial charge in [-0.3, -0.25) is 10.1 Å². The van der Waals surface area contributed by atoms with Gasteiger partial charge in [-0.1, -0.05) is 0 Å². The molecule has 6 nitrogen and oxygen atoms in total. The van der Waals surface area contributed by atoms with E-state index in [2.05, 4.69) is 4.98 Å². The van der Waals surface area contributed by atoms with Crippen molar-refractivity contribution in [3.8, 4) is 11.6 Å². The molecular weight excluding hydrogens is 272 g/mol. The van der Waals surface area contributed by atoms with Gasteiger partial charge in [0.1, 0.15) is 5.75 Å². The molecule has 0 radical (unpaired) electrons. The van der Waals surface area contributed by atoms with Crippen molar-refractivity contribution in [3.05, 3.63) is 57.3 Å². The molecule has 1 N–H and O–H groups in total. The number of ether oxygens (including phenoxy) is 1. The van der Waals surface area contributed by atoms with Gasteiger partial charge in [0.05, 0.1) is 17.1 Å². The third-order valence-corrected chi connectivity index (χ3v) is 3.15. The normalized spacial score (nSPS) is 12.0. The molecule has 0 amide bonds. The molecule has 0 aliphatic heterocycles. The summed E-state index contributed by atoms with van der Waals surface area (Å²) in [4.78, 5) is 14.6. The molecule has 0 fully saturated rings. The lowest BCUT2D eigenvalue weighted by atomic mass is 10.1. The Morgan fingerprint density at radius 2 is 2.00 bits per heavy atom. The summed E-state index contributed by atoms with van der Waals surface area (Å²) in [5.41, 5.74) is 2.03. The molecule has 2 rings (SSSR count). The Hall–Kier alpha value is -2.47. The van der Waals surface area contributed by atoms with E-state index in [1.54, 1.807) is 32.0 Å². The second kappa shape index (κ2) is 5.88. The van der Waals surface area contributed by atoms with E-state index >= 15 is 0 Å².